The monoisotopic (exact) mass is 258 g/mol. The highest BCUT2D eigenvalue weighted by molar-refractivity contribution is 6.02. The standard InChI is InChI=1S/C17H22O2/c1-11(2)9-15(18)14-10-12(3)16(14)17(19)13-7-5-4-6-8-13/h4-8,11-12,14,16H,9-10H2,1-3H3/t12-,14+,16+/m0/s1. The van der Waals surface area contributed by atoms with E-state index in [1.165, 1.54) is 0 Å². The van der Waals surface area contributed by atoms with E-state index in [9.17, 15) is 9.59 Å². The molecule has 0 aliphatic heterocycles. The van der Waals surface area contributed by atoms with Crippen molar-refractivity contribution in [3.8, 4) is 0 Å². The Morgan fingerprint density at radius 3 is 2.37 bits per heavy atom. The highest BCUT2D eigenvalue weighted by atomic mass is 16.1. The third-order valence-electron chi connectivity index (χ3n) is 4.06. The molecule has 1 aromatic carbocycles. The summed E-state index contributed by atoms with van der Waals surface area (Å²) in [5.41, 5.74) is 0.737. The number of Topliss-reactive ketones (excluding diaryl/α,β-unsaturated/α-hetero) is 2. The molecule has 0 amide bonds. The zero-order chi connectivity index (χ0) is 14.0. The number of benzene rings is 1. The molecule has 2 heteroatoms. The molecule has 0 spiro atoms. The van der Waals surface area contributed by atoms with E-state index in [1.807, 2.05) is 44.2 Å². The van der Waals surface area contributed by atoms with Crippen LogP contribution in [0.25, 0.3) is 0 Å². The normalized spacial score (nSPS) is 26.0. The lowest BCUT2D eigenvalue weighted by atomic mass is 9.60. The van der Waals surface area contributed by atoms with Crippen molar-refractivity contribution in [2.24, 2.45) is 23.7 Å². The van der Waals surface area contributed by atoms with Crippen LogP contribution in [-0.4, -0.2) is 11.6 Å². The predicted molar refractivity (Wildman–Crippen MR) is 76.0 cm³/mol. The molecular weight excluding hydrogens is 236 g/mol. The fraction of sp³-hybridized carbons (Fsp3) is 0.529. The number of carbonyl (C=O) groups excluding carboxylic acids is 2. The maximum atomic E-state index is 12.5. The molecule has 1 aromatic rings. The van der Waals surface area contributed by atoms with E-state index < -0.39 is 0 Å². The molecule has 0 radical (unpaired) electrons. The first kappa shape index (κ1) is 14.0. The number of ketones is 2. The van der Waals surface area contributed by atoms with Crippen molar-refractivity contribution >= 4 is 11.6 Å². The molecule has 0 heterocycles. The summed E-state index contributed by atoms with van der Waals surface area (Å²) in [5, 5.41) is 0. The first-order valence-electron chi connectivity index (χ1n) is 7.12. The van der Waals surface area contributed by atoms with E-state index in [4.69, 9.17) is 0 Å². The van der Waals surface area contributed by atoms with Crippen molar-refractivity contribution in [1.29, 1.82) is 0 Å². The van der Waals surface area contributed by atoms with Gasteiger partial charge in [0.25, 0.3) is 0 Å². The van der Waals surface area contributed by atoms with Crippen molar-refractivity contribution < 1.29 is 9.59 Å². The minimum absolute atomic E-state index is 0.0508. The van der Waals surface area contributed by atoms with Crippen molar-refractivity contribution in [1.82, 2.24) is 0 Å². The molecular formula is C17H22O2. The zero-order valence-electron chi connectivity index (χ0n) is 11.9. The zero-order valence-corrected chi connectivity index (χ0v) is 11.9. The summed E-state index contributed by atoms with van der Waals surface area (Å²) in [7, 11) is 0. The van der Waals surface area contributed by atoms with Crippen LogP contribution in [0.4, 0.5) is 0 Å². The van der Waals surface area contributed by atoms with Gasteiger partial charge in [-0.25, -0.2) is 0 Å². The third-order valence-corrected chi connectivity index (χ3v) is 4.06. The second-order valence-electron chi connectivity index (χ2n) is 6.14. The Morgan fingerprint density at radius 1 is 1.21 bits per heavy atom. The Kier molecular flexibility index (Phi) is 4.18. The molecule has 0 bridgehead atoms. The molecule has 19 heavy (non-hydrogen) atoms. The van der Waals surface area contributed by atoms with Crippen molar-refractivity contribution in [2.75, 3.05) is 0 Å². The summed E-state index contributed by atoms with van der Waals surface area (Å²) in [4.78, 5) is 24.7. The summed E-state index contributed by atoms with van der Waals surface area (Å²) < 4.78 is 0. The summed E-state index contributed by atoms with van der Waals surface area (Å²) in [6.07, 6.45) is 1.46. The van der Waals surface area contributed by atoms with E-state index in [0.29, 0.717) is 18.3 Å². The average molecular weight is 258 g/mol. The molecule has 0 N–H and O–H groups in total. The smallest absolute Gasteiger partial charge is 0.166 e. The van der Waals surface area contributed by atoms with Gasteiger partial charge in [-0.3, -0.25) is 9.59 Å². The van der Waals surface area contributed by atoms with Crippen molar-refractivity contribution in [3.63, 3.8) is 0 Å². The summed E-state index contributed by atoms with van der Waals surface area (Å²) >= 11 is 0. The Balaban J connectivity index is 2.10. The minimum Gasteiger partial charge on any atom is -0.299 e. The maximum absolute atomic E-state index is 12.5. The molecule has 2 nitrogen and oxygen atoms in total. The Labute approximate surface area is 115 Å². The molecule has 3 atom stereocenters. The van der Waals surface area contributed by atoms with Crippen LogP contribution in [0.1, 0.15) is 44.0 Å². The van der Waals surface area contributed by atoms with Gasteiger partial charge in [-0.05, 0) is 18.3 Å². The number of hydrogen-bond acceptors (Lipinski definition) is 2. The molecule has 1 aliphatic rings. The second-order valence-corrected chi connectivity index (χ2v) is 6.14. The predicted octanol–water partition coefficient (Wildman–Crippen LogP) is 3.76. The summed E-state index contributed by atoms with van der Waals surface area (Å²) in [5.74, 6) is 0.951. The molecule has 1 saturated carbocycles. The lowest BCUT2D eigenvalue weighted by Gasteiger charge is -2.41. The topological polar surface area (TPSA) is 34.1 Å². The number of hydrogen-bond donors (Lipinski definition) is 0. The molecule has 0 unspecified atom stereocenters. The van der Waals surface area contributed by atoms with Gasteiger partial charge in [-0.15, -0.1) is 0 Å². The molecule has 2 rings (SSSR count). The van der Waals surface area contributed by atoms with Crippen LogP contribution in [0, 0.1) is 23.7 Å². The van der Waals surface area contributed by atoms with Gasteiger partial charge in [0.15, 0.2) is 5.78 Å². The molecule has 1 aliphatic carbocycles. The van der Waals surface area contributed by atoms with E-state index in [1.54, 1.807) is 0 Å². The highest BCUT2D eigenvalue weighted by Crippen LogP contribution is 2.43. The Morgan fingerprint density at radius 2 is 1.84 bits per heavy atom. The molecule has 0 saturated heterocycles. The number of rotatable bonds is 5. The van der Waals surface area contributed by atoms with Crippen LogP contribution in [0.3, 0.4) is 0 Å². The molecule has 1 fully saturated rings. The lowest BCUT2D eigenvalue weighted by Crippen LogP contribution is -2.45. The van der Waals surface area contributed by atoms with Crippen LogP contribution >= 0.6 is 0 Å². The SMILES string of the molecule is CC(C)CC(=O)[C@H]1C[C@H](C)[C@H]1C(=O)c1ccccc1. The fourth-order valence-corrected chi connectivity index (χ4v) is 3.02. The van der Waals surface area contributed by atoms with E-state index >= 15 is 0 Å². The highest BCUT2D eigenvalue weighted by Gasteiger charge is 2.46. The van der Waals surface area contributed by atoms with Gasteiger partial charge in [0, 0.05) is 23.8 Å². The van der Waals surface area contributed by atoms with Gasteiger partial charge >= 0.3 is 0 Å². The van der Waals surface area contributed by atoms with Crippen molar-refractivity contribution in [3.05, 3.63) is 35.9 Å². The van der Waals surface area contributed by atoms with Gasteiger partial charge < -0.3 is 0 Å². The summed E-state index contributed by atoms with van der Waals surface area (Å²) in [6, 6.07) is 9.35. The van der Waals surface area contributed by atoms with Crippen LogP contribution in [0.2, 0.25) is 0 Å². The van der Waals surface area contributed by atoms with E-state index in [2.05, 4.69) is 6.92 Å². The fourth-order valence-electron chi connectivity index (χ4n) is 3.02. The van der Waals surface area contributed by atoms with Gasteiger partial charge in [0.1, 0.15) is 5.78 Å². The van der Waals surface area contributed by atoms with Gasteiger partial charge in [-0.2, -0.15) is 0 Å². The van der Waals surface area contributed by atoms with Gasteiger partial charge in [-0.1, -0.05) is 51.1 Å². The summed E-state index contributed by atoms with van der Waals surface area (Å²) in [6.45, 7) is 6.17. The van der Waals surface area contributed by atoms with Crippen molar-refractivity contribution in [2.45, 2.75) is 33.6 Å². The maximum Gasteiger partial charge on any atom is 0.166 e. The van der Waals surface area contributed by atoms with Crippen LogP contribution < -0.4 is 0 Å². The first-order chi connectivity index (χ1) is 9.00. The Hall–Kier alpha value is -1.44. The quantitative estimate of drug-likeness (QED) is 0.754. The van der Waals surface area contributed by atoms with Crippen LogP contribution in [0.15, 0.2) is 30.3 Å². The third kappa shape index (κ3) is 2.94. The van der Waals surface area contributed by atoms with Gasteiger partial charge in [0.2, 0.25) is 0 Å². The first-order valence-corrected chi connectivity index (χ1v) is 7.12. The van der Waals surface area contributed by atoms with E-state index in [0.717, 1.165) is 12.0 Å². The van der Waals surface area contributed by atoms with Crippen LogP contribution in [0.5, 0.6) is 0 Å². The lowest BCUT2D eigenvalue weighted by molar-refractivity contribution is -0.130. The second kappa shape index (κ2) is 5.68. The van der Waals surface area contributed by atoms with Crippen LogP contribution in [-0.2, 0) is 4.79 Å². The average Bonchev–Trinajstić information content (AvgIpc) is 2.35. The molecule has 0 aromatic heterocycles. The van der Waals surface area contributed by atoms with E-state index in [-0.39, 0.29) is 23.4 Å². The number of carbonyl (C=O) groups is 2. The van der Waals surface area contributed by atoms with Gasteiger partial charge in [0.05, 0.1) is 0 Å². The largest absolute Gasteiger partial charge is 0.299 e. The molecule has 102 valence electrons. The Bertz CT molecular complexity index is 461. The minimum atomic E-state index is -0.103.